The highest BCUT2D eigenvalue weighted by atomic mass is 16.7. The lowest BCUT2D eigenvalue weighted by atomic mass is 9.97. The Balaban J connectivity index is 1.19. The monoisotopic (exact) mass is 392 g/mol. The number of nitrogens with one attached hydrogen (secondary N) is 1. The van der Waals surface area contributed by atoms with Crippen LogP contribution in [-0.4, -0.2) is 40.4 Å². The number of nitrogens with zero attached hydrogens (tertiary/aromatic N) is 3. The Labute approximate surface area is 169 Å². The van der Waals surface area contributed by atoms with Crippen LogP contribution in [0.4, 0.5) is 10.5 Å². The Morgan fingerprint density at radius 2 is 1.93 bits per heavy atom. The quantitative estimate of drug-likeness (QED) is 0.731. The summed E-state index contributed by atoms with van der Waals surface area (Å²) in [6, 6.07) is 13.7. The minimum absolute atomic E-state index is 0.0634. The van der Waals surface area contributed by atoms with Crippen LogP contribution in [0, 0.1) is 12.8 Å². The number of likely N-dealkylation sites (tertiary alicyclic amines) is 1. The van der Waals surface area contributed by atoms with E-state index in [0.717, 1.165) is 49.5 Å². The number of hydrogen-bond acceptors (Lipinski definition) is 4. The molecule has 3 aromatic rings. The van der Waals surface area contributed by atoms with Crippen LogP contribution in [0.3, 0.4) is 0 Å². The van der Waals surface area contributed by atoms with Crippen molar-refractivity contribution in [1.29, 1.82) is 0 Å². The van der Waals surface area contributed by atoms with Crippen LogP contribution >= 0.6 is 0 Å². The van der Waals surface area contributed by atoms with Crippen LogP contribution < -0.4 is 14.8 Å². The van der Waals surface area contributed by atoms with E-state index in [1.807, 2.05) is 23.1 Å². The fourth-order valence-electron chi connectivity index (χ4n) is 4.18. The molecule has 1 N–H and O–H groups in total. The maximum absolute atomic E-state index is 12.6. The van der Waals surface area contributed by atoms with Gasteiger partial charge in [-0.05, 0) is 49.9 Å². The number of carbonyl (C=O) groups is 1. The van der Waals surface area contributed by atoms with E-state index < -0.39 is 0 Å². The first kappa shape index (κ1) is 17.8. The van der Waals surface area contributed by atoms with Crippen molar-refractivity contribution >= 4 is 22.8 Å². The molecule has 2 amide bonds. The molecule has 0 spiro atoms. The molecule has 0 atom stereocenters. The van der Waals surface area contributed by atoms with Crippen LogP contribution in [0.1, 0.15) is 18.7 Å². The summed E-state index contributed by atoms with van der Waals surface area (Å²) in [5.74, 6) is 2.98. The summed E-state index contributed by atoms with van der Waals surface area (Å²) >= 11 is 0. The Kier molecular flexibility index (Phi) is 4.50. The number of aryl methyl sites for hydroxylation is 1. The van der Waals surface area contributed by atoms with Gasteiger partial charge in [0, 0.05) is 31.4 Å². The van der Waals surface area contributed by atoms with E-state index in [0.29, 0.717) is 17.4 Å². The van der Waals surface area contributed by atoms with Crippen LogP contribution in [0.2, 0.25) is 0 Å². The minimum Gasteiger partial charge on any atom is -0.454 e. The van der Waals surface area contributed by atoms with Gasteiger partial charge in [-0.1, -0.05) is 12.1 Å². The number of ether oxygens (including phenoxy) is 2. The zero-order valence-corrected chi connectivity index (χ0v) is 16.4. The van der Waals surface area contributed by atoms with E-state index in [4.69, 9.17) is 9.47 Å². The second-order valence-electron chi connectivity index (χ2n) is 7.69. The van der Waals surface area contributed by atoms with E-state index in [2.05, 4.69) is 40.0 Å². The number of urea groups is 1. The summed E-state index contributed by atoms with van der Waals surface area (Å²) in [5.41, 5.74) is 2.96. The van der Waals surface area contributed by atoms with Crippen LogP contribution in [0.5, 0.6) is 11.5 Å². The van der Waals surface area contributed by atoms with Crippen LogP contribution in [-0.2, 0) is 6.54 Å². The fourth-order valence-corrected chi connectivity index (χ4v) is 4.18. The van der Waals surface area contributed by atoms with Gasteiger partial charge in [0.25, 0.3) is 0 Å². The van der Waals surface area contributed by atoms with Crippen molar-refractivity contribution in [2.24, 2.45) is 5.92 Å². The van der Waals surface area contributed by atoms with Gasteiger partial charge in [-0.3, -0.25) is 0 Å². The zero-order valence-electron chi connectivity index (χ0n) is 16.4. The molecule has 7 nitrogen and oxygen atoms in total. The number of para-hydroxylation sites is 2. The van der Waals surface area contributed by atoms with Gasteiger partial charge < -0.3 is 24.3 Å². The first-order chi connectivity index (χ1) is 14.2. The molecule has 0 aliphatic carbocycles. The van der Waals surface area contributed by atoms with Crippen molar-refractivity contribution in [3.63, 3.8) is 0 Å². The maximum Gasteiger partial charge on any atom is 0.321 e. The largest absolute Gasteiger partial charge is 0.454 e. The van der Waals surface area contributed by atoms with E-state index >= 15 is 0 Å². The number of piperidine rings is 1. The fraction of sp³-hybridized carbons (Fsp3) is 0.364. The number of carbonyl (C=O) groups excluding carboxylic acids is 1. The van der Waals surface area contributed by atoms with E-state index in [-0.39, 0.29) is 12.8 Å². The number of imidazole rings is 1. The number of aromatic nitrogens is 2. The summed E-state index contributed by atoms with van der Waals surface area (Å²) in [6.07, 6.45) is 1.97. The highest BCUT2D eigenvalue weighted by Crippen LogP contribution is 2.34. The Hall–Kier alpha value is -3.22. The molecule has 0 saturated carbocycles. The number of rotatable bonds is 3. The summed E-state index contributed by atoms with van der Waals surface area (Å²) in [6.45, 7) is 4.75. The van der Waals surface area contributed by atoms with Gasteiger partial charge in [-0.15, -0.1) is 0 Å². The topological polar surface area (TPSA) is 68.6 Å². The third-order valence-electron chi connectivity index (χ3n) is 5.81. The SMILES string of the molecule is Cc1nc2ccccc2n1CC1CCN(C(=O)Nc2ccc3c(c2)OCO3)CC1. The van der Waals surface area contributed by atoms with Gasteiger partial charge in [0.15, 0.2) is 11.5 Å². The minimum atomic E-state index is -0.0634. The lowest BCUT2D eigenvalue weighted by molar-refractivity contribution is 0.174. The molecular formula is C22H24N4O3. The number of fused-ring (bicyclic) bond motifs is 2. The summed E-state index contributed by atoms with van der Waals surface area (Å²) in [7, 11) is 0. The first-order valence-electron chi connectivity index (χ1n) is 10.0. The predicted octanol–water partition coefficient (Wildman–Crippen LogP) is 4.02. The Bertz CT molecular complexity index is 1050. The van der Waals surface area contributed by atoms with Crippen molar-refractivity contribution in [2.45, 2.75) is 26.3 Å². The Morgan fingerprint density at radius 3 is 2.79 bits per heavy atom. The lowest BCUT2D eigenvalue weighted by Crippen LogP contribution is -2.41. The van der Waals surface area contributed by atoms with Crippen molar-refractivity contribution in [3.8, 4) is 11.5 Å². The molecular weight excluding hydrogens is 368 g/mol. The number of hydrogen-bond donors (Lipinski definition) is 1. The third-order valence-corrected chi connectivity index (χ3v) is 5.81. The maximum atomic E-state index is 12.6. The number of anilines is 1. The molecule has 29 heavy (non-hydrogen) atoms. The number of benzene rings is 2. The van der Waals surface area contributed by atoms with Crippen LogP contribution in [0.25, 0.3) is 11.0 Å². The first-order valence-corrected chi connectivity index (χ1v) is 10.0. The Morgan fingerprint density at radius 1 is 1.14 bits per heavy atom. The molecule has 2 aliphatic heterocycles. The van der Waals surface area contributed by atoms with Crippen molar-refractivity contribution in [1.82, 2.24) is 14.5 Å². The molecule has 3 heterocycles. The summed E-state index contributed by atoms with van der Waals surface area (Å²) < 4.78 is 13.0. The molecule has 7 heteroatoms. The molecule has 5 rings (SSSR count). The average Bonchev–Trinajstić information content (AvgIpc) is 3.32. The molecule has 0 unspecified atom stereocenters. The van der Waals surface area contributed by atoms with Crippen molar-refractivity contribution in [3.05, 3.63) is 48.3 Å². The van der Waals surface area contributed by atoms with Crippen molar-refractivity contribution < 1.29 is 14.3 Å². The van der Waals surface area contributed by atoms with E-state index in [1.165, 1.54) is 5.52 Å². The molecule has 2 aromatic carbocycles. The smallest absolute Gasteiger partial charge is 0.321 e. The predicted molar refractivity (Wildman–Crippen MR) is 110 cm³/mol. The molecule has 150 valence electrons. The average molecular weight is 392 g/mol. The highest BCUT2D eigenvalue weighted by Gasteiger charge is 2.24. The molecule has 2 aliphatic rings. The number of amides is 2. The van der Waals surface area contributed by atoms with E-state index in [1.54, 1.807) is 6.07 Å². The summed E-state index contributed by atoms with van der Waals surface area (Å²) in [5, 5.41) is 2.97. The molecule has 0 radical (unpaired) electrons. The van der Waals surface area contributed by atoms with Gasteiger partial charge >= 0.3 is 6.03 Å². The molecule has 0 bridgehead atoms. The summed E-state index contributed by atoms with van der Waals surface area (Å²) in [4.78, 5) is 19.2. The zero-order chi connectivity index (χ0) is 19.8. The van der Waals surface area contributed by atoms with Gasteiger partial charge in [0.05, 0.1) is 11.0 Å². The van der Waals surface area contributed by atoms with Gasteiger partial charge in [-0.2, -0.15) is 0 Å². The lowest BCUT2D eigenvalue weighted by Gasteiger charge is -2.32. The standard InChI is InChI=1S/C22H24N4O3/c1-15-23-18-4-2-3-5-19(18)26(15)13-16-8-10-25(11-9-16)22(27)24-17-6-7-20-21(12-17)29-14-28-20/h2-7,12,16H,8-11,13-14H2,1H3,(H,24,27). The van der Waals surface area contributed by atoms with Gasteiger partial charge in [-0.25, -0.2) is 9.78 Å². The molecule has 1 fully saturated rings. The second kappa shape index (κ2) is 7.31. The highest BCUT2D eigenvalue weighted by molar-refractivity contribution is 5.89. The van der Waals surface area contributed by atoms with Gasteiger partial charge in [0.1, 0.15) is 5.82 Å². The third kappa shape index (κ3) is 3.48. The molecule has 1 saturated heterocycles. The normalized spacial score (nSPS) is 16.4. The molecule has 1 aromatic heterocycles. The second-order valence-corrected chi connectivity index (χ2v) is 7.69. The van der Waals surface area contributed by atoms with Crippen molar-refractivity contribution in [2.75, 3.05) is 25.2 Å². The van der Waals surface area contributed by atoms with Crippen LogP contribution in [0.15, 0.2) is 42.5 Å². The van der Waals surface area contributed by atoms with Gasteiger partial charge in [0.2, 0.25) is 6.79 Å². The van der Waals surface area contributed by atoms with E-state index in [9.17, 15) is 4.79 Å².